The van der Waals surface area contributed by atoms with Crippen LogP contribution < -0.4 is 0 Å². The number of ketones is 1. The third-order valence-electron chi connectivity index (χ3n) is 4.66. The van der Waals surface area contributed by atoms with Crippen LogP contribution in [0.4, 0.5) is 0 Å². The first-order chi connectivity index (χ1) is 13.1. The number of pyridine rings is 1. The van der Waals surface area contributed by atoms with Gasteiger partial charge in [-0.1, -0.05) is 6.07 Å². The number of Topliss-reactive ketones (excluding diaryl/α,β-unsaturated/α-hetero) is 1. The highest BCUT2D eigenvalue weighted by Gasteiger charge is 2.57. The summed E-state index contributed by atoms with van der Waals surface area (Å²) in [5.74, 6) is -5.20. The Morgan fingerprint density at radius 3 is 2.14 bits per heavy atom. The molecule has 1 N–H and O–H groups in total. The van der Waals surface area contributed by atoms with Crippen molar-refractivity contribution in [2.45, 2.75) is 77.6 Å². The molecular formula is C22H31NO6. The molecule has 7 heteroatoms. The SMILES string of the molecule is CC(C)(C)OC(=O)[C@H]1C(=O)C[C@](C)(O)[C@H](C(=O)OC(C)(C)C)[C@H]1c1cccnc1. The number of esters is 2. The fraction of sp³-hybridized carbons (Fsp3) is 0.636. The van der Waals surface area contributed by atoms with Crippen LogP contribution in [0.3, 0.4) is 0 Å². The molecule has 2 rings (SSSR count). The molecular weight excluding hydrogens is 374 g/mol. The van der Waals surface area contributed by atoms with Gasteiger partial charge in [-0.3, -0.25) is 19.4 Å². The van der Waals surface area contributed by atoms with Crippen molar-refractivity contribution in [3.05, 3.63) is 30.1 Å². The molecule has 0 radical (unpaired) electrons. The summed E-state index contributed by atoms with van der Waals surface area (Å²) >= 11 is 0. The summed E-state index contributed by atoms with van der Waals surface area (Å²) in [4.78, 5) is 43.1. The molecule has 160 valence electrons. The van der Waals surface area contributed by atoms with E-state index in [1.807, 2.05) is 0 Å². The van der Waals surface area contributed by atoms with Crippen LogP contribution in [0, 0.1) is 11.8 Å². The predicted molar refractivity (Wildman–Crippen MR) is 106 cm³/mol. The van der Waals surface area contributed by atoms with Gasteiger partial charge >= 0.3 is 11.9 Å². The molecule has 1 fully saturated rings. The number of hydrogen-bond donors (Lipinski definition) is 1. The molecule has 0 saturated heterocycles. The Morgan fingerprint density at radius 1 is 1.10 bits per heavy atom. The number of rotatable bonds is 3. The Bertz CT molecular complexity index is 773. The zero-order valence-electron chi connectivity index (χ0n) is 18.2. The van der Waals surface area contributed by atoms with Crippen LogP contribution in [-0.4, -0.2) is 44.6 Å². The second-order valence-electron chi connectivity index (χ2n) is 9.83. The number of ether oxygens (including phenoxy) is 2. The second-order valence-corrected chi connectivity index (χ2v) is 9.83. The molecule has 29 heavy (non-hydrogen) atoms. The molecule has 0 unspecified atom stereocenters. The molecule has 0 spiro atoms. The number of aliphatic hydroxyl groups is 1. The summed E-state index contributed by atoms with van der Waals surface area (Å²) in [7, 11) is 0. The first kappa shape index (κ1) is 23.0. The van der Waals surface area contributed by atoms with Crippen LogP contribution in [0.5, 0.6) is 0 Å². The number of nitrogens with zero attached hydrogens (tertiary/aromatic N) is 1. The van der Waals surface area contributed by atoms with Gasteiger partial charge in [-0.2, -0.15) is 0 Å². The number of carbonyl (C=O) groups is 3. The highest BCUT2D eigenvalue weighted by Crippen LogP contribution is 2.47. The Balaban J connectivity index is 2.59. The smallest absolute Gasteiger partial charge is 0.317 e. The van der Waals surface area contributed by atoms with Crippen molar-refractivity contribution in [3.63, 3.8) is 0 Å². The van der Waals surface area contributed by atoms with Crippen molar-refractivity contribution in [1.29, 1.82) is 0 Å². The van der Waals surface area contributed by atoms with Crippen molar-refractivity contribution in [3.8, 4) is 0 Å². The fourth-order valence-electron chi connectivity index (χ4n) is 3.72. The van der Waals surface area contributed by atoms with Crippen molar-refractivity contribution in [2.24, 2.45) is 11.8 Å². The molecule has 0 aromatic carbocycles. The Morgan fingerprint density at radius 2 is 1.66 bits per heavy atom. The third kappa shape index (κ3) is 5.63. The van der Waals surface area contributed by atoms with E-state index in [1.54, 1.807) is 59.9 Å². The molecule has 1 aliphatic rings. The largest absolute Gasteiger partial charge is 0.460 e. The number of hydrogen-bond acceptors (Lipinski definition) is 7. The lowest BCUT2D eigenvalue weighted by molar-refractivity contribution is -0.182. The summed E-state index contributed by atoms with van der Waals surface area (Å²) in [5.41, 5.74) is -2.79. The average Bonchev–Trinajstić information content (AvgIpc) is 2.50. The van der Waals surface area contributed by atoms with Gasteiger partial charge in [-0.15, -0.1) is 0 Å². The van der Waals surface area contributed by atoms with E-state index in [0.717, 1.165) is 0 Å². The van der Waals surface area contributed by atoms with Crippen LogP contribution in [0.25, 0.3) is 0 Å². The maximum atomic E-state index is 13.1. The predicted octanol–water partition coefficient (Wildman–Crippen LogP) is 2.80. The van der Waals surface area contributed by atoms with Crippen LogP contribution >= 0.6 is 0 Å². The minimum atomic E-state index is -1.68. The van der Waals surface area contributed by atoms with Crippen LogP contribution in [0.2, 0.25) is 0 Å². The Kier molecular flexibility index (Phi) is 6.23. The highest BCUT2D eigenvalue weighted by atomic mass is 16.6. The van der Waals surface area contributed by atoms with E-state index in [-0.39, 0.29) is 6.42 Å². The van der Waals surface area contributed by atoms with E-state index >= 15 is 0 Å². The maximum absolute atomic E-state index is 13.1. The standard InChI is InChI=1S/C22H31NO6/c1-20(2,3)28-18(25)16-14(24)11-22(7,27)17(19(26)29-21(4,5)6)15(16)13-9-8-10-23-12-13/h8-10,12,15-17,27H,11H2,1-7H3/t15-,16-,17-,22-/m0/s1. The summed E-state index contributed by atoms with van der Waals surface area (Å²) in [6.45, 7) is 11.7. The molecule has 0 amide bonds. The lowest BCUT2D eigenvalue weighted by Gasteiger charge is -2.44. The fourth-order valence-corrected chi connectivity index (χ4v) is 3.72. The van der Waals surface area contributed by atoms with E-state index in [2.05, 4.69) is 4.98 Å². The van der Waals surface area contributed by atoms with Crippen molar-refractivity contribution < 1.29 is 29.0 Å². The van der Waals surface area contributed by atoms with Crippen molar-refractivity contribution in [2.75, 3.05) is 0 Å². The van der Waals surface area contributed by atoms with Crippen LogP contribution in [0.15, 0.2) is 24.5 Å². The maximum Gasteiger partial charge on any atom is 0.317 e. The molecule has 1 aromatic heterocycles. The number of aromatic nitrogens is 1. The molecule has 1 aromatic rings. The molecule has 0 aliphatic heterocycles. The third-order valence-corrected chi connectivity index (χ3v) is 4.66. The van der Waals surface area contributed by atoms with Gasteiger partial charge in [0, 0.05) is 24.7 Å². The van der Waals surface area contributed by atoms with E-state index in [0.29, 0.717) is 5.56 Å². The van der Waals surface area contributed by atoms with Gasteiger partial charge in [0.05, 0.1) is 11.5 Å². The summed E-state index contributed by atoms with van der Waals surface area (Å²) in [6, 6.07) is 3.34. The lowest BCUT2D eigenvalue weighted by Crippen LogP contribution is -2.56. The average molecular weight is 405 g/mol. The quantitative estimate of drug-likeness (QED) is 0.609. The van der Waals surface area contributed by atoms with E-state index in [4.69, 9.17) is 9.47 Å². The number of carbonyl (C=O) groups excluding carboxylic acids is 3. The van der Waals surface area contributed by atoms with E-state index < -0.39 is 52.3 Å². The van der Waals surface area contributed by atoms with Gasteiger partial charge in [0.1, 0.15) is 17.1 Å². The van der Waals surface area contributed by atoms with Gasteiger partial charge in [0.15, 0.2) is 5.78 Å². The van der Waals surface area contributed by atoms with Crippen molar-refractivity contribution >= 4 is 17.7 Å². The summed E-state index contributed by atoms with van der Waals surface area (Å²) in [6.07, 6.45) is 2.70. The van der Waals surface area contributed by atoms with Gasteiger partial charge in [0.2, 0.25) is 0 Å². The zero-order valence-corrected chi connectivity index (χ0v) is 18.2. The summed E-state index contributed by atoms with van der Waals surface area (Å²) < 4.78 is 11.0. The molecule has 1 heterocycles. The lowest BCUT2D eigenvalue weighted by atomic mass is 9.62. The minimum absolute atomic E-state index is 0.350. The first-order valence-corrected chi connectivity index (χ1v) is 9.73. The second kappa shape index (κ2) is 7.86. The van der Waals surface area contributed by atoms with E-state index in [1.165, 1.54) is 13.1 Å². The molecule has 1 saturated carbocycles. The van der Waals surface area contributed by atoms with Crippen LogP contribution in [-0.2, 0) is 23.9 Å². The van der Waals surface area contributed by atoms with Crippen molar-refractivity contribution in [1.82, 2.24) is 4.98 Å². The van der Waals surface area contributed by atoms with E-state index in [9.17, 15) is 19.5 Å². The molecule has 7 nitrogen and oxygen atoms in total. The van der Waals surface area contributed by atoms with Gasteiger partial charge < -0.3 is 14.6 Å². The summed E-state index contributed by atoms with van der Waals surface area (Å²) in [5, 5.41) is 11.0. The monoisotopic (exact) mass is 405 g/mol. The Labute approximate surface area is 171 Å². The molecule has 1 aliphatic carbocycles. The topological polar surface area (TPSA) is 103 Å². The van der Waals surface area contributed by atoms with Gasteiger partial charge in [-0.25, -0.2) is 0 Å². The first-order valence-electron chi connectivity index (χ1n) is 9.73. The van der Waals surface area contributed by atoms with Gasteiger partial charge in [-0.05, 0) is 60.1 Å². The van der Waals surface area contributed by atoms with Crippen LogP contribution in [0.1, 0.15) is 66.4 Å². The molecule has 0 bridgehead atoms. The minimum Gasteiger partial charge on any atom is -0.460 e. The zero-order chi connectivity index (χ0) is 22.2. The highest BCUT2D eigenvalue weighted by molar-refractivity contribution is 6.03. The molecule has 4 atom stereocenters. The van der Waals surface area contributed by atoms with Gasteiger partial charge in [0.25, 0.3) is 0 Å². The Hall–Kier alpha value is -2.28. The normalized spacial score (nSPS) is 28.0.